The Bertz CT molecular complexity index is 933. The minimum absolute atomic E-state index is 0.191. The van der Waals surface area contributed by atoms with Gasteiger partial charge in [-0.15, -0.1) is 0 Å². The van der Waals surface area contributed by atoms with Crippen LogP contribution in [0.2, 0.25) is 0 Å². The minimum Gasteiger partial charge on any atom is -0.339 e. The average Bonchev–Trinajstić information content (AvgIpc) is 3.06. The Balaban J connectivity index is 1.70. The lowest BCUT2D eigenvalue weighted by molar-refractivity contribution is 0.361. The van der Waals surface area contributed by atoms with Crippen molar-refractivity contribution in [2.75, 3.05) is 4.72 Å². The average molecular weight is 357 g/mol. The van der Waals surface area contributed by atoms with Crippen LogP contribution in [0, 0.1) is 0 Å². The van der Waals surface area contributed by atoms with Gasteiger partial charge in [0.2, 0.25) is 5.89 Å². The lowest BCUT2D eigenvalue weighted by atomic mass is 10.1. The summed E-state index contributed by atoms with van der Waals surface area (Å²) in [6.45, 7) is 3.98. The van der Waals surface area contributed by atoms with Gasteiger partial charge in [0.05, 0.1) is 4.90 Å². The molecule has 0 radical (unpaired) electrons. The maximum Gasteiger partial charge on any atom is 0.261 e. The largest absolute Gasteiger partial charge is 0.339 e. The molecule has 130 valence electrons. The number of hydrogen-bond donors (Lipinski definition) is 1. The van der Waals surface area contributed by atoms with Crippen molar-refractivity contribution in [2.45, 2.75) is 31.1 Å². The summed E-state index contributed by atoms with van der Waals surface area (Å²) < 4.78 is 32.4. The van der Waals surface area contributed by atoms with Gasteiger partial charge >= 0.3 is 0 Å². The predicted octanol–water partition coefficient (Wildman–Crippen LogP) is 3.58. The van der Waals surface area contributed by atoms with Crippen LogP contribution < -0.4 is 4.72 Å². The summed E-state index contributed by atoms with van der Waals surface area (Å²) in [6, 6.07) is 15.4. The van der Waals surface area contributed by atoms with E-state index in [1.807, 2.05) is 26.0 Å². The van der Waals surface area contributed by atoms with Crippen molar-refractivity contribution < 1.29 is 12.9 Å². The highest BCUT2D eigenvalue weighted by molar-refractivity contribution is 7.92. The molecule has 2 aromatic carbocycles. The van der Waals surface area contributed by atoms with E-state index >= 15 is 0 Å². The van der Waals surface area contributed by atoms with Gasteiger partial charge in [-0.05, 0) is 29.8 Å². The molecular formula is C18H19N3O3S. The molecule has 0 aliphatic carbocycles. The molecule has 1 aromatic heterocycles. The molecule has 0 aliphatic rings. The second-order valence-corrected chi connectivity index (χ2v) is 7.68. The molecule has 3 rings (SSSR count). The van der Waals surface area contributed by atoms with E-state index in [0.29, 0.717) is 23.8 Å². The van der Waals surface area contributed by atoms with E-state index in [1.54, 1.807) is 42.5 Å². The van der Waals surface area contributed by atoms with Gasteiger partial charge in [-0.3, -0.25) is 4.72 Å². The molecule has 0 bridgehead atoms. The zero-order valence-corrected chi connectivity index (χ0v) is 14.8. The molecule has 0 aliphatic heterocycles. The molecule has 1 N–H and O–H groups in total. The van der Waals surface area contributed by atoms with Gasteiger partial charge in [-0.1, -0.05) is 49.3 Å². The zero-order valence-electron chi connectivity index (χ0n) is 14.0. The molecule has 6 nitrogen and oxygen atoms in total. The summed E-state index contributed by atoms with van der Waals surface area (Å²) in [5, 5.41) is 3.96. The summed E-state index contributed by atoms with van der Waals surface area (Å²) in [6.07, 6.45) is 0.530. The molecule has 7 heteroatoms. The van der Waals surface area contributed by atoms with E-state index in [1.165, 1.54) is 0 Å². The number of nitrogens with zero attached hydrogens (tertiary/aromatic N) is 2. The predicted molar refractivity (Wildman–Crippen MR) is 94.9 cm³/mol. The van der Waals surface area contributed by atoms with Gasteiger partial charge in [0.25, 0.3) is 10.0 Å². The quantitative estimate of drug-likeness (QED) is 0.729. The van der Waals surface area contributed by atoms with E-state index in [2.05, 4.69) is 14.9 Å². The van der Waals surface area contributed by atoms with Gasteiger partial charge in [0, 0.05) is 18.0 Å². The first kappa shape index (κ1) is 17.2. The van der Waals surface area contributed by atoms with E-state index in [9.17, 15) is 8.42 Å². The maximum absolute atomic E-state index is 12.3. The Labute approximate surface area is 147 Å². The van der Waals surface area contributed by atoms with E-state index < -0.39 is 10.0 Å². The van der Waals surface area contributed by atoms with Gasteiger partial charge < -0.3 is 4.52 Å². The van der Waals surface area contributed by atoms with Crippen molar-refractivity contribution in [3.63, 3.8) is 0 Å². The monoisotopic (exact) mass is 357 g/mol. The molecule has 0 amide bonds. The van der Waals surface area contributed by atoms with Crippen molar-refractivity contribution in [3.05, 3.63) is 71.9 Å². The maximum atomic E-state index is 12.3. The number of rotatable bonds is 6. The summed E-state index contributed by atoms with van der Waals surface area (Å²) in [4.78, 5) is 4.57. The Morgan fingerprint density at radius 1 is 1.04 bits per heavy atom. The second-order valence-electron chi connectivity index (χ2n) is 6.00. The van der Waals surface area contributed by atoms with Crippen LogP contribution in [0.25, 0.3) is 0 Å². The zero-order chi connectivity index (χ0) is 17.9. The van der Waals surface area contributed by atoms with Crippen LogP contribution in [-0.2, 0) is 16.4 Å². The molecule has 0 saturated carbocycles. The fraction of sp³-hybridized carbons (Fsp3) is 0.222. The van der Waals surface area contributed by atoms with E-state index in [0.717, 1.165) is 5.56 Å². The van der Waals surface area contributed by atoms with Crippen LogP contribution in [0.15, 0.2) is 64.0 Å². The minimum atomic E-state index is -3.58. The van der Waals surface area contributed by atoms with Crippen LogP contribution in [0.4, 0.5) is 5.69 Å². The van der Waals surface area contributed by atoms with Crippen molar-refractivity contribution in [1.82, 2.24) is 10.1 Å². The number of nitrogens with one attached hydrogen (secondary N) is 1. The first-order valence-electron chi connectivity index (χ1n) is 7.93. The van der Waals surface area contributed by atoms with Crippen LogP contribution in [0.1, 0.15) is 37.0 Å². The summed E-state index contributed by atoms with van der Waals surface area (Å²) >= 11 is 0. The Hall–Kier alpha value is -2.67. The summed E-state index contributed by atoms with van der Waals surface area (Å²) in [5.74, 6) is 1.42. The highest BCUT2D eigenvalue weighted by Gasteiger charge is 2.14. The smallest absolute Gasteiger partial charge is 0.261 e. The molecule has 0 spiro atoms. The molecular weight excluding hydrogens is 338 g/mol. The van der Waals surface area contributed by atoms with Crippen molar-refractivity contribution in [1.29, 1.82) is 0 Å². The first-order valence-corrected chi connectivity index (χ1v) is 9.41. The second kappa shape index (κ2) is 7.06. The van der Waals surface area contributed by atoms with Crippen molar-refractivity contribution >= 4 is 15.7 Å². The molecule has 0 unspecified atom stereocenters. The van der Waals surface area contributed by atoms with E-state index in [4.69, 9.17) is 4.52 Å². The molecule has 0 fully saturated rings. The summed E-state index contributed by atoms with van der Waals surface area (Å²) in [5.41, 5.74) is 1.47. The lowest BCUT2D eigenvalue weighted by Gasteiger charge is -2.08. The highest BCUT2D eigenvalue weighted by atomic mass is 32.2. The number of aromatic nitrogens is 2. The van der Waals surface area contributed by atoms with Gasteiger partial charge in [-0.25, -0.2) is 8.42 Å². The number of anilines is 1. The van der Waals surface area contributed by atoms with Gasteiger partial charge in [0.1, 0.15) is 0 Å². The fourth-order valence-electron chi connectivity index (χ4n) is 2.26. The van der Waals surface area contributed by atoms with Gasteiger partial charge in [-0.2, -0.15) is 4.98 Å². The van der Waals surface area contributed by atoms with Crippen molar-refractivity contribution in [3.8, 4) is 0 Å². The summed E-state index contributed by atoms with van der Waals surface area (Å²) in [7, 11) is -3.58. The molecule has 0 atom stereocenters. The Morgan fingerprint density at radius 3 is 2.32 bits per heavy atom. The molecule has 1 heterocycles. The number of hydrogen-bond acceptors (Lipinski definition) is 5. The third kappa shape index (κ3) is 4.24. The number of sulfonamides is 1. The fourth-order valence-corrected chi connectivity index (χ4v) is 3.34. The first-order chi connectivity index (χ1) is 11.9. The standard InChI is InChI=1S/C18H19N3O3S/c1-13(2)18-19-17(20-24-18)12-14-8-10-15(11-9-14)21-25(22,23)16-6-4-3-5-7-16/h3-11,13,21H,12H2,1-2H3. The van der Waals surface area contributed by atoms with E-state index in [-0.39, 0.29) is 10.8 Å². The van der Waals surface area contributed by atoms with Gasteiger partial charge in [0.15, 0.2) is 5.82 Å². The lowest BCUT2D eigenvalue weighted by Crippen LogP contribution is -2.12. The van der Waals surface area contributed by atoms with Crippen molar-refractivity contribution in [2.24, 2.45) is 0 Å². The third-order valence-electron chi connectivity index (χ3n) is 3.60. The SMILES string of the molecule is CC(C)c1nc(Cc2ccc(NS(=O)(=O)c3ccccc3)cc2)no1. The molecule has 0 saturated heterocycles. The number of benzene rings is 2. The normalized spacial score (nSPS) is 11.6. The van der Waals surface area contributed by atoms with Crippen LogP contribution in [-0.4, -0.2) is 18.6 Å². The topological polar surface area (TPSA) is 85.1 Å². The Morgan fingerprint density at radius 2 is 1.72 bits per heavy atom. The third-order valence-corrected chi connectivity index (χ3v) is 5.00. The highest BCUT2D eigenvalue weighted by Crippen LogP contribution is 2.18. The van der Waals surface area contributed by atoms with Crippen LogP contribution in [0.3, 0.4) is 0 Å². The van der Waals surface area contributed by atoms with Crippen LogP contribution >= 0.6 is 0 Å². The Kier molecular flexibility index (Phi) is 4.85. The molecule has 3 aromatic rings. The molecule has 25 heavy (non-hydrogen) atoms. The van der Waals surface area contributed by atoms with Crippen LogP contribution in [0.5, 0.6) is 0 Å².